The van der Waals surface area contributed by atoms with Crippen molar-refractivity contribution in [2.24, 2.45) is 5.10 Å². The summed E-state index contributed by atoms with van der Waals surface area (Å²) in [5, 5.41) is 12.8. The van der Waals surface area contributed by atoms with Crippen LogP contribution in [0, 0.1) is 11.3 Å². The summed E-state index contributed by atoms with van der Waals surface area (Å²) in [5.74, 6) is 0.970. The molecule has 0 unspecified atom stereocenters. The molecule has 0 bridgehead atoms. The van der Waals surface area contributed by atoms with Crippen molar-refractivity contribution < 1.29 is 14.3 Å². The van der Waals surface area contributed by atoms with Crippen molar-refractivity contribution in [3.8, 4) is 17.6 Å². The highest BCUT2D eigenvalue weighted by molar-refractivity contribution is 5.86. The molecule has 0 aliphatic heterocycles. The van der Waals surface area contributed by atoms with Crippen molar-refractivity contribution in [3.63, 3.8) is 0 Å². The van der Waals surface area contributed by atoms with Crippen molar-refractivity contribution >= 4 is 11.6 Å². The van der Waals surface area contributed by atoms with Crippen molar-refractivity contribution in [1.29, 1.82) is 5.26 Å². The first-order chi connectivity index (χ1) is 12.1. The van der Waals surface area contributed by atoms with Gasteiger partial charge in [0.15, 0.2) is 6.61 Å². The van der Waals surface area contributed by atoms with Crippen LogP contribution in [0.15, 0.2) is 53.6 Å². The van der Waals surface area contributed by atoms with Gasteiger partial charge in [0.1, 0.15) is 11.5 Å². The third-order valence-corrected chi connectivity index (χ3v) is 3.34. The number of carbonyl (C=O) groups is 1. The van der Waals surface area contributed by atoms with E-state index in [4.69, 9.17) is 14.7 Å². The van der Waals surface area contributed by atoms with E-state index in [2.05, 4.69) is 10.5 Å². The molecule has 2 aromatic carbocycles. The number of hydrazone groups is 1. The van der Waals surface area contributed by atoms with E-state index < -0.39 is 0 Å². The number of benzene rings is 2. The fourth-order valence-electron chi connectivity index (χ4n) is 2.04. The Morgan fingerprint density at radius 2 is 1.76 bits per heavy atom. The zero-order valence-electron chi connectivity index (χ0n) is 14.2. The highest BCUT2D eigenvalue weighted by Crippen LogP contribution is 2.12. The normalized spacial score (nSPS) is 10.7. The number of hydrogen-bond donors (Lipinski definition) is 1. The molecule has 0 aliphatic rings. The maximum Gasteiger partial charge on any atom is 0.277 e. The molecule has 1 amide bonds. The summed E-state index contributed by atoms with van der Waals surface area (Å²) in [6, 6.07) is 16.2. The maximum atomic E-state index is 11.8. The molecule has 2 aromatic rings. The lowest BCUT2D eigenvalue weighted by Crippen LogP contribution is -2.25. The molecule has 0 aliphatic carbocycles. The molecule has 6 heteroatoms. The number of rotatable bonds is 7. The van der Waals surface area contributed by atoms with Crippen molar-refractivity contribution in [1.82, 2.24) is 5.43 Å². The van der Waals surface area contributed by atoms with Crippen LogP contribution in [-0.4, -0.2) is 25.3 Å². The lowest BCUT2D eigenvalue weighted by molar-refractivity contribution is -0.123. The molecule has 0 saturated carbocycles. The van der Waals surface area contributed by atoms with Crippen LogP contribution in [0.5, 0.6) is 11.5 Å². The van der Waals surface area contributed by atoms with Crippen molar-refractivity contribution in [2.45, 2.75) is 13.3 Å². The van der Waals surface area contributed by atoms with Gasteiger partial charge in [0, 0.05) is 12.1 Å². The SMILES string of the molecule is COc1ccc(C/C(C)=N\NC(=O)COc2ccc(C#N)cc2)cc1. The van der Waals surface area contributed by atoms with E-state index in [-0.39, 0.29) is 12.5 Å². The molecule has 25 heavy (non-hydrogen) atoms. The predicted octanol–water partition coefficient (Wildman–Crippen LogP) is 2.68. The summed E-state index contributed by atoms with van der Waals surface area (Å²) in [6.45, 7) is 1.69. The molecule has 0 atom stereocenters. The molecular weight excluding hydrogens is 318 g/mol. The number of hydrogen-bond acceptors (Lipinski definition) is 5. The van der Waals surface area contributed by atoms with Gasteiger partial charge < -0.3 is 9.47 Å². The Balaban J connectivity index is 1.78. The number of methoxy groups -OCH3 is 1. The number of nitriles is 1. The quantitative estimate of drug-likeness (QED) is 0.622. The highest BCUT2D eigenvalue weighted by Gasteiger charge is 2.03. The van der Waals surface area contributed by atoms with E-state index in [0.29, 0.717) is 17.7 Å². The van der Waals surface area contributed by atoms with Gasteiger partial charge in [0.2, 0.25) is 0 Å². The number of nitrogens with one attached hydrogen (secondary N) is 1. The Kier molecular flexibility index (Phi) is 6.55. The van der Waals surface area contributed by atoms with Crippen molar-refractivity contribution in [2.75, 3.05) is 13.7 Å². The first-order valence-electron chi connectivity index (χ1n) is 7.68. The van der Waals surface area contributed by atoms with Crippen LogP contribution in [0.4, 0.5) is 0 Å². The Morgan fingerprint density at radius 1 is 1.12 bits per heavy atom. The second-order valence-electron chi connectivity index (χ2n) is 5.33. The lowest BCUT2D eigenvalue weighted by Gasteiger charge is -2.06. The summed E-state index contributed by atoms with van der Waals surface area (Å²) < 4.78 is 10.5. The lowest BCUT2D eigenvalue weighted by atomic mass is 10.1. The number of ether oxygens (including phenoxy) is 2. The van der Waals surface area contributed by atoms with Gasteiger partial charge in [-0.2, -0.15) is 10.4 Å². The Hall–Kier alpha value is -3.33. The van der Waals surface area contributed by atoms with Gasteiger partial charge in [0.25, 0.3) is 5.91 Å². The molecule has 128 valence electrons. The summed E-state index contributed by atoms with van der Waals surface area (Å²) >= 11 is 0. The topological polar surface area (TPSA) is 83.7 Å². The second-order valence-corrected chi connectivity index (χ2v) is 5.33. The molecule has 0 fully saturated rings. The van der Waals surface area contributed by atoms with E-state index in [1.54, 1.807) is 31.4 Å². The predicted molar refractivity (Wildman–Crippen MR) is 94.6 cm³/mol. The van der Waals surface area contributed by atoms with E-state index in [1.165, 1.54) is 0 Å². The van der Waals surface area contributed by atoms with Gasteiger partial charge in [-0.05, 0) is 48.9 Å². The standard InChI is InChI=1S/C19H19N3O3/c1-14(11-15-3-7-17(24-2)8-4-15)21-22-19(23)13-25-18-9-5-16(12-20)6-10-18/h3-10H,11,13H2,1-2H3,(H,22,23)/b21-14-. The first-order valence-corrected chi connectivity index (χ1v) is 7.68. The van der Waals surface area contributed by atoms with E-state index in [9.17, 15) is 4.79 Å². The minimum absolute atomic E-state index is 0.148. The summed E-state index contributed by atoms with van der Waals surface area (Å²) in [5.41, 5.74) is 4.85. The Labute approximate surface area is 146 Å². The van der Waals surface area contributed by atoms with Crippen molar-refractivity contribution in [3.05, 3.63) is 59.7 Å². The molecule has 2 rings (SSSR count). The average Bonchev–Trinajstić information content (AvgIpc) is 2.65. The molecule has 0 saturated heterocycles. The molecule has 1 N–H and O–H groups in total. The molecule has 0 heterocycles. The van der Waals surface area contributed by atoms with Crippen LogP contribution in [0.25, 0.3) is 0 Å². The fraction of sp³-hybridized carbons (Fsp3) is 0.211. The van der Waals surface area contributed by atoms with Gasteiger partial charge in [0.05, 0.1) is 18.7 Å². The average molecular weight is 337 g/mol. The van der Waals surface area contributed by atoms with E-state index in [1.807, 2.05) is 37.3 Å². The summed E-state index contributed by atoms with van der Waals surface area (Å²) in [4.78, 5) is 11.8. The van der Waals surface area contributed by atoms with Gasteiger partial charge in [-0.1, -0.05) is 12.1 Å². The van der Waals surface area contributed by atoms with Crippen LogP contribution in [0.2, 0.25) is 0 Å². The molecule has 0 aromatic heterocycles. The molecule has 6 nitrogen and oxygen atoms in total. The van der Waals surface area contributed by atoms with Gasteiger partial charge >= 0.3 is 0 Å². The molecular formula is C19H19N3O3. The number of amides is 1. The monoisotopic (exact) mass is 337 g/mol. The number of carbonyl (C=O) groups excluding carboxylic acids is 1. The third kappa shape index (κ3) is 5.99. The molecule has 0 spiro atoms. The van der Waals surface area contributed by atoms with Gasteiger partial charge in [-0.15, -0.1) is 0 Å². The Morgan fingerprint density at radius 3 is 2.36 bits per heavy atom. The van der Waals surface area contributed by atoms with Crippen LogP contribution in [0.3, 0.4) is 0 Å². The minimum atomic E-state index is -0.349. The third-order valence-electron chi connectivity index (χ3n) is 3.34. The van der Waals surface area contributed by atoms with Crippen LogP contribution in [-0.2, 0) is 11.2 Å². The molecule has 0 radical (unpaired) electrons. The maximum absolute atomic E-state index is 11.8. The van der Waals surface area contributed by atoms with Crippen LogP contribution >= 0.6 is 0 Å². The second kappa shape index (κ2) is 9.08. The smallest absolute Gasteiger partial charge is 0.277 e. The zero-order chi connectivity index (χ0) is 18.1. The largest absolute Gasteiger partial charge is 0.497 e. The van der Waals surface area contributed by atoms with E-state index in [0.717, 1.165) is 17.0 Å². The van der Waals surface area contributed by atoms with Gasteiger partial charge in [-0.25, -0.2) is 5.43 Å². The summed E-state index contributed by atoms with van der Waals surface area (Å²) in [7, 11) is 1.62. The number of nitrogens with zero attached hydrogens (tertiary/aromatic N) is 2. The minimum Gasteiger partial charge on any atom is -0.497 e. The van der Waals surface area contributed by atoms with Crippen LogP contribution < -0.4 is 14.9 Å². The van der Waals surface area contributed by atoms with E-state index >= 15 is 0 Å². The van der Waals surface area contributed by atoms with Crippen LogP contribution in [0.1, 0.15) is 18.1 Å². The Bertz CT molecular complexity index is 775. The first kappa shape index (κ1) is 18.0. The summed E-state index contributed by atoms with van der Waals surface area (Å²) in [6.07, 6.45) is 0.626. The van der Waals surface area contributed by atoms with Gasteiger partial charge in [-0.3, -0.25) is 4.79 Å². The highest BCUT2D eigenvalue weighted by atomic mass is 16.5. The fourth-order valence-corrected chi connectivity index (χ4v) is 2.04. The zero-order valence-corrected chi connectivity index (χ0v) is 14.2.